The van der Waals surface area contributed by atoms with Crippen molar-refractivity contribution in [1.82, 2.24) is 0 Å². The molecular weight excluding hydrogens is 136 g/mol. The van der Waals surface area contributed by atoms with Crippen molar-refractivity contribution in [2.75, 3.05) is 13.2 Å². The summed E-state index contributed by atoms with van der Waals surface area (Å²) in [7, 11) is 0. The van der Waals surface area contributed by atoms with Gasteiger partial charge in [-0.15, -0.1) is 0 Å². The van der Waals surface area contributed by atoms with Crippen LogP contribution in [0.25, 0.3) is 0 Å². The fourth-order valence-corrected chi connectivity index (χ4v) is 0.635. The molecule has 0 bridgehead atoms. The van der Waals surface area contributed by atoms with E-state index in [1.807, 2.05) is 19.1 Å². The molecule has 0 fully saturated rings. The minimum Gasteiger partial charge on any atom is -0.377 e. The van der Waals surface area contributed by atoms with E-state index in [1.54, 1.807) is 0 Å². The molecule has 0 aliphatic rings. The van der Waals surface area contributed by atoms with Gasteiger partial charge in [0, 0.05) is 0 Å². The number of hydrogen-bond acceptors (Lipinski definition) is 1. The van der Waals surface area contributed by atoms with E-state index < -0.39 is 0 Å². The van der Waals surface area contributed by atoms with Gasteiger partial charge in [-0.2, -0.15) is 0 Å². The van der Waals surface area contributed by atoms with Crippen molar-refractivity contribution in [2.45, 2.75) is 19.8 Å². The van der Waals surface area contributed by atoms with Gasteiger partial charge in [0.2, 0.25) is 0 Å². The highest BCUT2D eigenvalue weighted by Crippen LogP contribution is 1.87. The lowest BCUT2D eigenvalue weighted by molar-refractivity contribution is 0.167. The molecule has 1 radical (unpaired) electrons. The Balaban J connectivity index is 2.96. The Morgan fingerprint density at radius 3 is 2.73 bits per heavy atom. The molecule has 0 spiro atoms. The zero-order chi connectivity index (χ0) is 8.36. The summed E-state index contributed by atoms with van der Waals surface area (Å²) in [5, 5.41) is 0. The molecule has 1 nitrogen and oxygen atoms in total. The van der Waals surface area contributed by atoms with Crippen LogP contribution in [0.5, 0.6) is 0 Å². The van der Waals surface area contributed by atoms with E-state index in [4.69, 9.17) is 4.74 Å². The van der Waals surface area contributed by atoms with Crippen LogP contribution in [-0.2, 0) is 4.74 Å². The average Bonchev–Trinajstić information content (AvgIpc) is 2.03. The summed E-state index contributed by atoms with van der Waals surface area (Å²) in [6.07, 6.45) is 10.0. The van der Waals surface area contributed by atoms with Gasteiger partial charge >= 0.3 is 0 Å². The zero-order valence-corrected chi connectivity index (χ0v) is 7.25. The second-order valence-corrected chi connectivity index (χ2v) is 2.19. The van der Waals surface area contributed by atoms with Gasteiger partial charge in [-0.25, -0.2) is 0 Å². The molecule has 0 N–H and O–H groups in total. The van der Waals surface area contributed by atoms with Gasteiger partial charge in [0.1, 0.15) is 0 Å². The highest BCUT2D eigenvalue weighted by Gasteiger charge is 1.79. The van der Waals surface area contributed by atoms with Crippen molar-refractivity contribution in [3.63, 3.8) is 0 Å². The second kappa shape index (κ2) is 9.44. The van der Waals surface area contributed by atoms with E-state index >= 15 is 0 Å². The molecule has 0 aliphatic heterocycles. The van der Waals surface area contributed by atoms with Crippen molar-refractivity contribution in [1.29, 1.82) is 0 Å². The third kappa shape index (κ3) is 9.44. The number of ether oxygens (including phenoxy) is 1. The van der Waals surface area contributed by atoms with E-state index in [9.17, 15) is 0 Å². The Hall–Kier alpha value is -0.560. The Morgan fingerprint density at radius 1 is 1.27 bits per heavy atom. The van der Waals surface area contributed by atoms with Gasteiger partial charge in [0.25, 0.3) is 0 Å². The number of rotatable bonds is 6. The van der Waals surface area contributed by atoms with Crippen LogP contribution in [0.3, 0.4) is 0 Å². The van der Waals surface area contributed by atoms with Gasteiger partial charge in [0.15, 0.2) is 0 Å². The maximum absolute atomic E-state index is 5.26. The maximum atomic E-state index is 5.26. The van der Waals surface area contributed by atoms with Crippen LogP contribution in [0.2, 0.25) is 0 Å². The minimum atomic E-state index is 0.731. The molecule has 0 aliphatic carbocycles. The first-order chi connectivity index (χ1) is 5.41. The molecule has 63 valence electrons. The van der Waals surface area contributed by atoms with Crippen LogP contribution >= 0.6 is 0 Å². The first-order valence-corrected chi connectivity index (χ1v) is 4.05. The third-order valence-corrected chi connectivity index (χ3v) is 1.21. The third-order valence-electron chi connectivity index (χ3n) is 1.21. The van der Waals surface area contributed by atoms with Gasteiger partial charge < -0.3 is 4.74 Å². The Kier molecular flexibility index (Phi) is 8.96. The molecule has 0 aromatic rings. The summed E-state index contributed by atoms with van der Waals surface area (Å²) >= 11 is 0. The lowest BCUT2D eigenvalue weighted by Crippen LogP contribution is -1.91. The maximum Gasteiger partial charge on any atom is 0.0647 e. The van der Waals surface area contributed by atoms with Crippen LogP contribution in [0.1, 0.15) is 19.8 Å². The molecule has 11 heavy (non-hydrogen) atoms. The highest BCUT2D eigenvalue weighted by molar-refractivity contribution is 4.82. The monoisotopic (exact) mass is 153 g/mol. The lowest BCUT2D eigenvalue weighted by atomic mass is 10.3. The van der Waals surface area contributed by atoms with Crippen molar-refractivity contribution in [3.8, 4) is 0 Å². The van der Waals surface area contributed by atoms with Crippen molar-refractivity contribution in [3.05, 3.63) is 31.2 Å². The zero-order valence-electron chi connectivity index (χ0n) is 7.25. The topological polar surface area (TPSA) is 9.23 Å². The van der Waals surface area contributed by atoms with Crippen molar-refractivity contribution < 1.29 is 4.74 Å². The molecule has 0 rings (SSSR count). The Labute approximate surface area is 69.8 Å². The summed E-state index contributed by atoms with van der Waals surface area (Å²) in [5.41, 5.74) is 0. The first-order valence-electron chi connectivity index (χ1n) is 4.05. The highest BCUT2D eigenvalue weighted by atomic mass is 16.5. The molecule has 0 atom stereocenters. The van der Waals surface area contributed by atoms with Gasteiger partial charge in [-0.3, -0.25) is 0 Å². The fourth-order valence-electron chi connectivity index (χ4n) is 0.635. The predicted molar refractivity (Wildman–Crippen MR) is 49.4 cm³/mol. The molecule has 0 unspecified atom stereocenters. The lowest BCUT2D eigenvalue weighted by Gasteiger charge is -1.95. The number of hydrogen-bond donors (Lipinski definition) is 0. The minimum absolute atomic E-state index is 0.731. The molecule has 0 heterocycles. The Morgan fingerprint density at radius 2 is 2.09 bits per heavy atom. The van der Waals surface area contributed by atoms with Crippen LogP contribution in [0, 0.1) is 6.92 Å². The Bertz CT molecular complexity index is 114. The summed E-state index contributed by atoms with van der Waals surface area (Å²) < 4.78 is 5.26. The fraction of sp³-hybridized carbons (Fsp3) is 0.500. The molecule has 0 aromatic heterocycles. The van der Waals surface area contributed by atoms with Crippen molar-refractivity contribution >= 4 is 0 Å². The van der Waals surface area contributed by atoms with Crippen LogP contribution in [0.4, 0.5) is 0 Å². The summed E-state index contributed by atoms with van der Waals surface area (Å²) in [5.74, 6) is 0. The van der Waals surface area contributed by atoms with E-state index in [-0.39, 0.29) is 0 Å². The molecule has 0 aromatic carbocycles. The molecule has 1 heteroatoms. The van der Waals surface area contributed by atoms with Crippen molar-refractivity contribution in [2.24, 2.45) is 0 Å². The summed E-state index contributed by atoms with van der Waals surface area (Å²) in [4.78, 5) is 0. The van der Waals surface area contributed by atoms with E-state index in [1.165, 1.54) is 0 Å². The van der Waals surface area contributed by atoms with E-state index in [2.05, 4.69) is 19.1 Å². The van der Waals surface area contributed by atoms with Crippen LogP contribution in [-0.4, -0.2) is 13.2 Å². The predicted octanol–water partition coefficient (Wildman–Crippen LogP) is 2.75. The summed E-state index contributed by atoms with van der Waals surface area (Å²) in [6, 6.07) is 0. The van der Waals surface area contributed by atoms with Crippen LogP contribution in [0.15, 0.2) is 24.3 Å². The quantitative estimate of drug-likeness (QED) is 0.421. The average molecular weight is 153 g/mol. The van der Waals surface area contributed by atoms with Gasteiger partial charge in [-0.05, 0) is 26.7 Å². The smallest absolute Gasteiger partial charge is 0.0647 e. The molecule has 0 saturated carbocycles. The second-order valence-electron chi connectivity index (χ2n) is 2.19. The van der Waals surface area contributed by atoms with Gasteiger partial charge in [0.05, 0.1) is 13.2 Å². The standard InChI is InChI=1S/C10H17O/c1-3-5-7-8-10-11-9-6-4-2/h4-7H,1,3,8-10H2,2H3/b6-4+,7-5+. The van der Waals surface area contributed by atoms with Crippen LogP contribution < -0.4 is 0 Å². The van der Waals surface area contributed by atoms with E-state index in [0.717, 1.165) is 26.1 Å². The van der Waals surface area contributed by atoms with Gasteiger partial charge in [-0.1, -0.05) is 24.3 Å². The SMILES string of the molecule is [CH2]C/C=C/CCOC/C=C/C. The summed E-state index contributed by atoms with van der Waals surface area (Å²) in [6.45, 7) is 7.22. The largest absolute Gasteiger partial charge is 0.377 e. The normalized spacial score (nSPS) is 11.8. The molecule has 0 amide bonds. The first kappa shape index (κ1) is 10.4. The number of allylic oxidation sites excluding steroid dienone is 2. The molecular formula is C10H17O. The molecule has 0 saturated heterocycles. The van der Waals surface area contributed by atoms with E-state index in [0.29, 0.717) is 0 Å².